The van der Waals surface area contributed by atoms with E-state index >= 15 is 0 Å². The highest BCUT2D eigenvalue weighted by Gasteiger charge is 2.44. The van der Waals surface area contributed by atoms with E-state index < -0.39 is 0 Å². The Balaban J connectivity index is 2.41. The van der Waals surface area contributed by atoms with Crippen LogP contribution in [0.3, 0.4) is 0 Å². The molecule has 1 aliphatic rings. The van der Waals surface area contributed by atoms with Crippen LogP contribution in [0.4, 0.5) is 0 Å². The molecule has 1 rings (SSSR count). The van der Waals surface area contributed by atoms with E-state index in [1.807, 2.05) is 0 Å². The summed E-state index contributed by atoms with van der Waals surface area (Å²) < 4.78 is 0. The molecule has 0 atom stereocenters. The highest BCUT2D eigenvalue weighted by atomic mass is 14.8. The van der Waals surface area contributed by atoms with Gasteiger partial charge in [-0.1, -0.05) is 20.8 Å². The molecule has 1 fully saturated rings. The Morgan fingerprint density at radius 3 is 1.89 bits per heavy atom. The Kier molecular flexibility index (Phi) is 1.35. The third-order valence-corrected chi connectivity index (χ3v) is 2.37. The van der Waals surface area contributed by atoms with E-state index in [2.05, 4.69) is 20.8 Å². The van der Waals surface area contributed by atoms with Gasteiger partial charge < -0.3 is 5.73 Å². The zero-order valence-corrected chi connectivity index (χ0v) is 6.70. The van der Waals surface area contributed by atoms with Gasteiger partial charge in [0.2, 0.25) is 0 Å². The number of nitrogens with two attached hydrogens (primary N) is 1. The molecule has 0 spiro atoms. The van der Waals surface area contributed by atoms with Crippen molar-refractivity contribution in [3.05, 3.63) is 0 Å². The Morgan fingerprint density at radius 1 is 1.33 bits per heavy atom. The van der Waals surface area contributed by atoms with Crippen molar-refractivity contribution in [2.75, 3.05) is 0 Å². The molecule has 54 valence electrons. The topological polar surface area (TPSA) is 26.0 Å². The summed E-state index contributed by atoms with van der Waals surface area (Å²) in [6.07, 6.45) is 3.55. The van der Waals surface area contributed by atoms with Crippen molar-refractivity contribution in [1.82, 2.24) is 0 Å². The summed E-state index contributed by atoms with van der Waals surface area (Å²) in [5.74, 6) is 0. The van der Waals surface area contributed by atoms with Gasteiger partial charge in [-0.3, -0.25) is 0 Å². The smallest absolute Gasteiger partial charge is 0.0161 e. The fraction of sp³-hybridized carbons (Fsp3) is 1.00. The Morgan fingerprint density at radius 2 is 1.78 bits per heavy atom. The molecule has 0 saturated heterocycles. The summed E-state index contributed by atoms with van der Waals surface area (Å²) in [5.41, 5.74) is 6.71. The summed E-state index contributed by atoms with van der Waals surface area (Å²) in [4.78, 5) is 0. The first-order valence-corrected chi connectivity index (χ1v) is 3.76. The van der Waals surface area contributed by atoms with Gasteiger partial charge in [-0.2, -0.15) is 0 Å². The minimum Gasteiger partial charge on any atom is -0.325 e. The van der Waals surface area contributed by atoms with Gasteiger partial charge >= 0.3 is 0 Å². The molecule has 1 heteroatoms. The quantitative estimate of drug-likeness (QED) is 0.572. The highest BCUT2D eigenvalue weighted by Crippen LogP contribution is 2.47. The zero-order chi connectivity index (χ0) is 7.12. The van der Waals surface area contributed by atoms with Crippen molar-refractivity contribution < 1.29 is 0 Å². The monoisotopic (exact) mass is 127 g/mol. The molecule has 0 aromatic carbocycles. The molecule has 0 unspecified atom stereocenters. The van der Waals surface area contributed by atoms with Crippen LogP contribution in [0.1, 0.15) is 40.0 Å². The number of hydrogen-bond donors (Lipinski definition) is 1. The first-order valence-electron chi connectivity index (χ1n) is 3.76. The average Bonchev–Trinajstić information content (AvgIpc) is 1.61. The standard InChI is InChI=1S/C8H17N/c1-4-8(9)5-7(2,3)6-8/h4-6,9H2,1-3H3. The molecule has 2 N–H and O–H groups in total. The van der Waals surface area contributed by atoms with E-state index in [0.29, 0.717) is 5.41 Å². The summed E-state index contributed by atoms with van der Waals surface area (Å²) in [7, 11) is 0. The normalized spacial score (nSPS) is 29.3. The summed E-state index contributed by atoms with van der Waals surface area (Å²) in [5, 5.41) is 0. The molecule has 0 aliphatic heterocycles. The van der Waals surface area contributed by atoms with Gasteiger partial charge in [0.25, 0.3) is 0 Å². The van der Waals surface area contributed by atoms with Gasteiger partial charge in [-0.05, 0) is 24.7 Å². The van der Waals surface area contributed by atoms with Gasteiger partial charge in [0.1, 0.15) is 0 Å². The van der Waals surface area contributed by atoms with Gasteiger partial charge in [-0.15, -0.1) is 0 Å². The highest BCUT2D eigenvalue weighted by molar-refractivity contribution is 5.02. The van der Waals surface area contributed by atoms with Crippen molar-refractivity contribution in [2.45, 2.75) is 45.6 Å². The van der Waals surface area contributed by atoms with Crippen LogP contribution in [0.15, 0.2) is 0 Å². The molecule has 9 heavy (non-hydrogen) atoms. The maximum absolute atomic E-state index is 5.98. The first-order chi connectivity index (χ1) is 3.97. The largest absolute Gasteiger partial charge is 0.325 e. The van der Waals surface area contributed by atoms with E-state index in [0.717, 1.165) is 6.42 Å². The summed E-state index contributed by atoms with van der Waals surface area (Å²) in [6, 6.07) is 0. The average molecular weight is 127 g/mol. The molecule has 0 aromatic heterocycles. The van der Waals surface area contributed by atoms with E-state index in [9.17, 15) is 0 Å². The van der Waals surface area contributed by atoms with Crippen LogP contribution in [0.2, 0.25) is 0 Å². The van der Waals surface area contributed by atoms with Gasteiger partial charge in [-0.25, -0.2) is 0 Å². The summed E-state index contributed by atoms with van der Waals surface area (Å²) >= 11 is 0. The molecular formula is C8H17N. The van der Waals surface area contributed by atoms with Crippen molar-refractivity contribution in [3.8, 4) is 0 Å². The molecule has 1 aliphatic carbocycles. The lowest BCUT2D eigenvalue weighted by Crippen LogP contribution is -2.55. The van der Waals surface area contributed by atoms with Crippen molar-refractivity contribution in [1.29, 1.82) is 0 Å². The lowest BCUT2D eigenvalue weighted by atomic mass is 9.59. The van der Waals surface area contributed by atoms with E-state index in [-0.39, 0.29) is 5.54 Å². The Hall–Kier alpha value is -0.0400. The molecule has 1 saturated carbocycles. The third-order valence-electron chi connectivity index (χ3n) is 2.37. The third kappa shape index (κ3) is 1.26. The van der Waals surface area contributed by atoms with E-state index in [1.165, 1.54) is 12.8 Å². The Labute approximate surface area is 57.6 Å². The predicted molar refractivity (Wildman–Crippen MR) is 40.2 cm³/mol. The maximum Gasteiger partial charge on any atom is 0.0161 e. The van der Waals surface area contributed by atoms with E-state index in [1.54, 1.807) is 0 Å². The van der Waals surface area contributed by atoms with Crippen LogP contribution < -0.4 is 5.73 Å². The molecule has 1 nitrogen and oxygen atoms in total. The molecular weight excluding hydrogens is 110 g/mol. The van der Waals surface area contributed by atoms with Crippen molar-refractivity contribution in [3.63, 3.8) is 0 Å². The van der Waals surface area contributed by atoms with Crippen LogP contribution in [0, 0.1) is 5.41 Å². The summed E-state index contributed by atoms with van der Waals surface area (Å²) in [6.45, 7) is 6.75. The second kappa shape index (κ2) is 1.72. The number of hydrogen-bond acceptors (Lipinski definition) is 1. The van der Waals surface area contributed by atoms with Crippen LogP contribution in [0.5, 0.6) is 0 Å². The number of rotatable bonds is 1. The van der Waals surface area contributed by atoms with E-state index in [4.69, 9.17) is 5.73 Å². The minimum atomic E-state index is 0.198. The predicted octanol–water partition coefficient (Wildman–Crippen LogP) is 1.91. The second-order valence-electron chi connectivity index (χ2n) is 4.23. The first kappa shape index (κ1) is 7.07. The van der Waals surface area contributed by atoms with Gasteiger partial charge in [0.05, 0.1) is 0 Å². The van der Waals surface area contributed by atoms with Crippen LogP contribution in [-0.2, 0) is 0 Å². The molecule has 0 radical (unpaired) electrons. The van der Waals surface area contributed by atoms with Crippen molar-refractivity contribution >= 4 is 0 Å². The SMILES string of the molecule is CCC1(N)CC(C)(C)C1. The maximum atomic E-state index is 5.98. The van der Waals surface area contributed by atoms with Crippen LogP contribution >= 0.6 is 0 Å². The molecule has 0 bridgehead atoms. The lowest BCUT2D eigenvalue weighted by molar-refractivity contribution is 0.0608. The van der Waals surface area contributed by atoms with Gasteiger partial charge in [0.15, 0.2) is 0 Å². The van der Waals surface area contributed by atoms with Crippen LogP contribution in [-0.4, -0.2) is 5.54 Å². The Bertz CT molecular complexity index is 108. The minimum absolute atomic E-state index is 0.198. The zero-order valence-electron chi connectivity index (χ0n) is 6.70. The van der Waals surface area contributed by atoms with Crippen LogP contribution in [0.25, 0.3) is 0 Å². The second-order valence-corrected chi connectivity index (χ2v) is 4.23. The lowest BCUT2D eigenvalue weighted by Gasteiger charge is -2.50. The fourth-order valence-corrected chi connectivity index (χ4v) is 2.10. The van der Waals surface area contributed by atoms with Gasteiger partial charge in [0, 0.05) is 5.54 Å². The fourth-order valence-electron chi connectivity index (χ4n) is 2.10. The molecule has 0 heterocycles. The molecule has 0 amide bonds. The molecule has 0 aromatic rings. The van der Waals surface area contributed by atoms with Crippen molar-refractivity contribution in [2.24, 2.45) is 11.1 Å².